The summed E-state index contributed by atoms with van der Waals surface area (Å²) < 4.78 is 0. The lowest BCUT2D eigenvalue weighted by molar-refractivity contribution is -0.138. The maximum Gasteiger partial charge on any atom is 0.325 e. The predicted octanol–water partition coefficient (Wildman–Crippen LogP) is -0.210. The number of carbonyl (C=O) groups excluding carboxylic acids is 4. The van der Waals surface area contributed by atoms with Gasteiger partial charge in [0, 0.05) is 32.4 Å². The third-order valence-electron chi connectivity index (χ3n) is 4.87. The minimum absolute atomic E-state index is 0.224. The number of nitrogens with zero attached hydrogens (tertiary/aromatic N) is 5. The molecule has 5 amide bonds. The van der Waals surface area contributed by atoms with E-state index < -0.39 is 17.5 Å². The summed E-state index contributed by atoms with van der Waals surface area (Å²) in [4.78, 5) is 61.8. The monoisotopic (exact) mass is 388 g/mol. The van der Waals surface area contributed by atoms with Crippen molar-refractivity contribution in [1.29, 1.82) is 0 Å². The number of aryl methyl sites for hydroxylation is 1. The number of amides is 5. The van der Waals surface area contributed by atoms with Crippen LogP contribution in [0.25, 0.3) is 0 Å². The second-order valence-electron chi connectivity index (χ2n) is 7.52. The third kappa shape index (κ3) is 3.95. The molecule has 0 bridgehead atoms. The van der Waals surface area contributed by atoms with E-state index >= 15 is 0 Å². The van der Waals surface area contributed by atoms with Crippen LogP contribution in [0.3, 0.4) is 0 Å². The van der Waals surface area contributed by atoms with Crippen LogP contribution in [0.15, 0.2) is 12.4 Å². The molecule has 2 aliphatic heterocycles. The Morgan fingerprint density at radius 3 is 2.36 bits per heavy atom. The highest BCUT2D eigenvalue weighted by Gasteiger charge is 2.45. The van der Waals surface area contributed by atoms with E-state index in [1.807, 2.05) is 0 Å². The minimum atomic E-state index is -1.01. The smallest absolute Gasteiger partial charge is 0.325 e. The van der Waals surface area contributed by atoms with Crippen LogP contribution < -0.4 is 5.32 Å². The molecule has 1 aromatic rings. The highest BCUT2D eigenvalue weighted by molar-refractivity contribution is 6.08. The maximum absolute atomic E-state index is 12.6. The normalized spacial score (nSPS) is 19.5. The van der Waals surface area contributed by atoms with E-state index in [0.717, 1.165) is 10.6 Å². The average Bonchev–Trinajstić information content (AvgIpc) is 2.84. The van der Waals surface area contributed by atoms with Gasteiger partial charge in [0.05, 0.1) is 11.9 Å². The molecule has 3 heterocycles. The number of nitrogens with one attached hydrogen (secondary N) is 1. The van der Waals surface area contributed by atoms with Gasteiger partial charge >= 0.3 is 6.03 Å². The van der Waals surface area contributed by atoms with Gasteiger partial charge in [-0.1, -0.05) is 0 Å². The molecule has 28 heavy (non-hydrogen) atoms. The van der Waals surface area contributed by atoms with Crippen molar-refractivity contribution in [2.75, 3.05) is 32.7 Å². The van der Waals surface area contributed by atoms with Crippen molar-refractivity contribution >= 4 is 23.8 Å². The Hall–Kier alpha value is -3.04. The van der Waals surface area contributed by atoms with Crippen LogP contribution in [0.1, 0.15) is 36.5 Å². The summed E-state index contributed by atoms with van der Waals surface area (Å²) in [6.45, 7) is 6.32. The van der Waals surface area contributed by atoms with E-state index in [2.05, 4.69) is 15.3 Å². The fraction of sp³-hybridized carbons (Fsp3) is 0.556. The largest absolute Gasteiger partial charge is 0.339 e. The average molecular weight is 388 g/mol. The molecule has 2 aliphatic rings. The Kier molecular flexibility index (Phi) is 5.30. The summed E-state index contributed by atoms with van der Waals surface area (Å²) in [6, 6.07) is -0.562. The van der Waals surface area contributed by atoms with Crippen LogP contribution in [-0.4, -0.2) is 86.7 Å². The molecule has 0 aliphatic carbocycles. The zero-order valence-electron chi connectivity index (χ0n) is 16.3. The molecule has 0 unspecified atom stereocenters. The Labute approximate surface area is 162 Å². The lowest BCUT2D eigenvalue weighted by atomic mass is 10.1. The summed E-state index contributed by atoms with van der Waals surface area (Å²) in [5.41, 5.74) is -0.00569. The fourth-order valence-electron chi connectivity index (χ4n) is 3.23. The molecule has 0 aromatic carbocycles. The predicted molar refractivity (Wildman–Crippen MR) is 98.2 cm³/mol. The van der Waals surface area contributed by atoms with E-state index in [9.17, 15) is 19.2 Å². The number of carbonyl (C=O) groups is 4. The Balaban J connectivity index is 1.59. The number of hydrogen-bond donors (Lipinski definition) is 1. The van der Waals surface area contributed by atoms with E-state index in [0.29, 0.717) is 32.6 Å². The molecular formula is C18H24N6O4. The van der Waals surface area contributed by atoms with Crippen molar-refractivity contribution in [2.24, 2.45) is 0 Å². The van der Waals surface area contributed by atoms with Crippen LogP contribution in [-0.2, 0) is 9.59 Å². The summed E-state index contributed by atoms with van der Waals surface area (Å²) in [5.74, 6) is -0.960. The van der Waals surface area contributed by atoms with Gasteiger partial charge in [0.1, 0.15) is 17.8 Å². The molecule has 1 N–H and O–H groups in total. The molecule has 150 valence electrons. The van der Waals surface area contributed by atoms with Gasteiger partial charge in [0.2, 0.25) is 5.91 Å². The van der Waals surface area contributed by atoms with Crippen LogP contribution in [0.4, 0.5) is 4.79 Å². The molecule has 0 saturated carbocycles. The summed E-state index contributed by atoms with van der Waals surface area (Å²) in [7, 11) is 0. The van der Waals surface area contributed by atoms with Crippen molar-refractivity contribution < 1.29 is 19.2 Å². The van der Waals surface area contributed by atoms with Gasteiger partial charge in [-0.2, -0.15) is 0 Å². The number of imide groups is 1. The quantitative estimate of drug-likeness (QED) is 0.717. The van der Waals surface area contributed by atoms with Crippen LogP contribution in [0, 0.1) is 6.92 Å². The highest BCUT2D eigenvalue weighted by atomic mass is 16.2. The Bertz CT molecular complexity index is 807. The standard InChI is InChI=1S/C18H24N6O4/c1-12-9-20-13(10-19-12)15(26)23-6-4-5-22(7-8-23)14(25)11-24-16(27)18(2,3)21-17(24)28/h9-10H,4-8,11H2,1-3H3,(H,21,28). The molecule has 2 fully saturated rings. The summed E-state index contributed by atoms with van der Waals surface area (Å²) >= 11 is 0. The van der Waals surface area contributed by atoms with E-state index in [-0.39, 0.29) is 24.1 Å². The first-order valence-corrected chi connectivity index (χ1v) is 9.19. The van der Waals surface area contributed by atoms with Gasteiger partial charge in [0.15, 0.2) is 0 Å². The fourth-order valence-corrected chi connectivity index (χ4v) is 3.23. The lowest BCUT2D eigenvalue weighted by Crippen LogP contribution is -2.45. The van der Waals surface area contributed by atoms with Gasteiger partial charge in [-0.25, -0.2) is 9.78 Å². The van der Waals surface area contributed by atoms with Crippen molar-refractivity contribution in [3.05, 3.63) is 23.8 Å². The first-order valence-electron chi connectivity index (χ1n) is 9.19. The first kappa shape index (κ1) is 19.7. The molecule has 10 nitrogen and oxygen atoms in total. The van der Waals surface area contributed by atoms with E-state index in [1.165, 1.54) is 6.20 Å². The second kappa shape index (κ2) is 7.53. The van der Waals surface area contributed by atoms with Gasteiger partial charge in [0.25, 0.3) is 11.8 Å². The van der Waals surface area contributed by atoms with Crippen LogP contribution in [0.5, 0.6) is 0 Å². The van der Waals surface area contributed by atoms with Crippen LogP contribution >= 0.6 is 0 Å². The zero-order chi connectivity index (χ0) is 20.5. The van der Waals surface area contributed by atoms with Crippen molar-refractivity contribution in [3.8, 4) is 0 Å². The number of rotatable bonds is 3. The molecule has 2 saturated heterocycles. The molecule has 10 heteroatoms. The SMILES string of the molecule is Cc1cnc(C(=O)N2CCCN(C(=O)CN3C(=O)NC(C)(C)C3=O)CC2)cn1. The van der Waals surface area contributed by atoms with Gasteiger partial charge < -0.3 is 15.1 Å². The number of hydrogen-bond acceptors (Lipinski definition) is 6. The summed E-state index contributed by atoms with van der Waals surface area (Å²) in [6.07, 6.45) is 3.59. The van der Waals surface area contributed by atoms with Crippen molar-refractivity contribution in [3.63, 3.8) is 0 Å². The molecule has 0 spiro atoms. The van der Waals surface area contributed by atoms with Gasteiger partial charge in [-0.15, -0.1) is 0 Å². The molecule has 3 rings (SSSR count). The lowest BCUT2D eigenvalue weighted by Gasteiger charge is -2.24. The Morgan fingerprint density at radius 1 is 1.07 bits per heavy atom. The maximum atomic E-state index is 12.6. The number of aromatic nitrogens is 2. The molecule has 1 aromatic heterocycles. The molecule has 0 radical (unpaired) electrons. The van der Waals surface area contributed by atoms with Crippen molar-refractivity contribution in [1.82, 2.24) is 30.0 Å². The summed E-state index contributed by atoms with van der Waals surface area (Å²) in [5, 5.41) is 2.56. The molecule has 0 atom stereocenters. The van der Waals surface area contributed by atoms with Crippen molar-refractivity contribution in [2.45, 2.75) is 32.7 Å². The minimum Gasteiger partial charge on any atom is -0.339 e. The number of urea groups is 1. The highest BCUT2D eigenvalue weighted by Crippen LogP contribution is 2.17. The van der Waals surface area contributed by atoms with Crippen LogP contribution in [0.2, 0.25) is 0 Å². The van der Waals surface area contributed by atoms with E-state index in [1.54, 1.807) is 36.8 Å². The van der Waals surface area contributed by atoms with Gasteiger partial charge in [-0.05, 0) is 27.2 Å². The second-order valence-corrected chi connectivity index (χ2v) is 7.52. The zero-order valence-corrected chi connectivity index (χ0v) is 16.3. The molecular weight excluding hydrogens is 364 g/mol. The van der Waals surface area contributed by atoms with E-state index in [4.69, 9.17) is 0 Å². The first-order chi connectivity index (χ1) is 13.2. The Morgan fingerprint density at radius 2 is 1.75 bits per heavy atom. The van der Waals surface area contributed by atoms with Gasteiger partial charge in [-0.3, -0.25) is 24.3 Å². The topological polar surface area (TPSA) is 116 Å². The third-order valence-corrected chi connectivity index (χ3v) is 4.87.